The van der Waals surface area contributed by atoms with E-state index in [1.807, 2.05) is 30.0 Å². The first-order valence-electron chi connectivity index (χ1n) is 5.79. The zero-order valence-corrected chi connectivity index (χ0v) is 10.0. The number of rotatable bonds is 3. The molecule has 0 aromatic carbocycles. The molecule has 1 aliphatic heterocycles. The maximum atomic E-state index is 11.7. The van der Waals surface area contributed by atoms with Crippen LogP contribution in [-0.4, -0.2) is 60.6 Å². The lowest BCUT2D eigenvalue weighted by atomic mass is 9.62. The van der Waals surface area contributed by atoms with E-state index in [1.54, 1.807) is 6.08 Å². The number of carbonyl (C=O) groups is 1. The first kappa shape index (κ1) is 11.6. The molecule has 2 fully saturated rings. The highest BCUT2D eigenvalue weighted by Gasteiger charge is 2.52. The molecule has 0 radical (unpaired) electrons. The third-order valence-electron chi connectivity index (χ3n) is 3.43. The Morgan fingerprint density at radius 2 is 2.12 bits per heavy atom. The van der Waals surface area contributed by atoms with Crippen molar-refractivity contribution < 1.29 is 9.90 Å². The number of nitrogens with zero attached hydrogens (tertiary/aromatic N) is 2. The fourth-order valence-corrected chi connectivity index (χ4v) is 2.59. The molecule has 0 aromatic heterocycles. The molecular weight excluding hydrogens is 204 g/mol. The Morgan fingerprint density at radius 1 is 1.50 bits per heavy atom. The molecule has 1 saturated carbocycles. The van der Waals surface area contributed by atoms with Crippen molar-refractivity contribution in [3.8, 4) is 0 Å². The summed E-state index contributed by atoms with van der Waals surface area (Å²) in [7, 11) is 3.95. The molecule has 1 amide bonds. The van der Waals surface area contributed by atoms with Crippen LogP contribution in [0.4, 0.5) is 0 Å². The topological polar surface area (TPSA) is 43.8 Å². The first-order chi connectivity index (χ1) is 7.51. The highest BCUT2D eigenvalue weighted by molar-refractivity contribution is 5.88. The van der Waals surface area contributed by atoms with E-state index in [9.17, 15) is 9.90 Å². The van der Waals surface area contributed by atoms with Crippen molar-refractivity contribution in [1.29, 1.82) is 0 Å². The Labute approximate surface area is 96.5 Å². The predicted molar refractivity (Wildman–Crippen MR) is 61.9 cm³/mol. The molecule has 0 aromatic rings. The van der Waals surface area contributed by atoms with Crippen LogP contribution in [-0.2, 0) is 4.79 Å². The van der Waals surface area contributed by atoms with Crippen molar-refractivity contribution in [3.05, 3.63) is 12.2 Å². The zero-order chi connectivity index (χ0) is 11.8. The summed E-state index contributed by atoms with van der Waals surface area (Å²) >= 11 is 0. The standard InChI is InChI=1S/C12H20N2O2/c1-13(2)5-3-4-11(16)14-8-12(9-14)6-10(15)7-12/h3-4,10,15H,5-9H2,1-2H3/b4-3+. The van der Waals surface area contributed by atoms with Gasteiger partial charge in [0.1, 0.15) is 0 Å². The number of likely N-dealkylation sites (tertiary alicyclic amines) is 1. The minimum Gasteiger partial charge on any atom is -0.393 e. The Balaban J connectivity index is 1.71. The minimum atomic E-state index is -0.124. The molecule has 4 heteroatoms. The monoisotopic (exact) mass is 224 g/mol. The summed E-state index contributed by atoms with van der Waals surface area (Å²) in [6, 6.07) is 0. The predicted octanol–water partition coefficient (Wildman–Crippen LogP) is 0.0875. The molecular formula is C12H20N2O2. The number of carbonyl (C=O) groups excluding carboxylic acids is 1. The summed E-state index contributed by atoms with van der Waals surface area (Å²) in [5.41, 5.74) is 0.268. The summed E-state index contributed by atoms with van der Waals surface area (Å²) < 4.78 is 0. The molecule has 1 saturated heterocycles. The van der Waals surface area contributed by atoms with Gasteiger partial charge in [-0.3, -0.25) is 4.79 Å². The van der Waals surface area contributed by atoms with E-state index in [1.165, 1.54) is 0 Å². The van der Waals surface area contributed by atoms with Gasteiger partial charge in [-0.25, -0.2) is 0 Å². The van der Waals surface area contributed by atoms with Crippen LogP contribution < -0.4 is 0 Å². The van der Waals surface area contributed by atoms with Crippen molar-refractivity contribution in [3.63, 3.8) is 0 Å². The van der Waals surface area contributed by atoms with Gasteiger partial charge >= 0.3 is 0 Å². The van der Waals surface area contributed by atoms with E-state index in [4.69, 9.17) is 0 Å². The fourth-order valence-electron chi connectivity index (χ4n) is 2.59. The lowest BCUT2D eigenvalue weighted by Crippen LogP contribution is -2.64. The van der Waals surface area contributed by atoms with Crippen molar-refractivity contribution in [2.24, 2.45) is 5.41 Å². The van der Waals surface area contributed by atoms with Gasteiger partial charge < -0.3 is 14.9 Å². The largest absolute Gasteiger partial charge is 0.393 e. The fraction of sp³-hybridized carbons (Fsp3) is 0.750. The Hall–Kier alpha value is -0.870. The number of hydrogen-bond acceptors (Lipinski definition) is 3. The third-order valence-corrected chi connectivity index (χ3v) is 3.43. The number of hydrogen-bond donors (Lipinski definition) is 1. The molecule has 90 valence electrons. The molecule has 2 aliphatic rings. The summed E-state index contributed by atoms with van der Waals surface area (Å²) in [6.45, 7) is 2.45. The van der Waals surface area contributed by atoms with Crippen LogP contribution in [0.1, 0.15) is 12.8 Å². The number of likely N-dealkylation sites (N-methyl/N-ethyl adjacent to an activating group) is 1. The molecule has 1 N–H and O–H groups in total. The average molecular weight is 224 g/mol. The summed E-state index contributed by atoms with van der Waals surface area (Å²) in [5.74, 6) is 0.105. The highest BCUT2D eigenvalue weighted by atomic mass is 16.3. The maximum absolute atomic E-state index is 11.7. The second kappa shape index (κ2) is 4.18. The molecule has 0 bridgehead atoms. The molecule has 0 unspecified atom stereocenters. The molecule has 1 aliphatic carbocycles. The van der Waals surface area contributed by atoms with Crippen LogP contribution in [0.3, 0.4) is 0 Å². The summed E-state index contributed by atoms with van der Waals surface area (Å²) in [5, 5.41) is 9.25. The van der Waals surface area contributed by atoms with Gasteiger partial charge in [0.2, 0.25) is 5.91 Å². The van der Waals surface area contributed by atoms with Crippen LogP contribution in [0.2, 0.25) is 0 Å². The Kier molecular flexibility index (Phi) is 3.04. The van der Waals surface area contributed by atoms with Crippen molar-refractivity contribution in [1.82, 2.24) is 9.80 Å². The molecule has 1 heterocycles. The van der Waals surface area contributed by atoms with E-state index < -0.39 is 0 Å². The van der Waals surface area contributed by atoms with Gasteiger partial charge in [-0.2, -0.15) is 0 Å². The smallest absolute Gasteiger partial charge is 0.246 e. The van der Waals surface area contributed by atoms with Gasteiger partial charge in [0.05, 0.1) is 6.10 Å². The highest BCUT2D eigenvalue weighted by Crippen LogP contribution is 2.48. The number of amides is 1. The maximum Gasteiger partial charge on any atom is 0.246 e. The normalized spacial score (nSPS) is 23.9. The minimum absolute atomic E-state index is 0.105. The Morgan fingerprint density at radius 3 is 2.62 bits per heavy atom. The van der Waals surface area contributed by atoms with Crippen LogP contribution in [0.5, 0.6) is 0 Å². The first-order valence-corrected chi connectivity index (χ1v) is 5.79. The number of aliphatic hydroxyl groups is 1. The number of aliphatic hydroxyl groups excluding tert-OH is 1. The van der Waals surface area contributed by atoms with Crippen molar-refractivity contribution in [2.45, 2.75) is 18.9 Å². The van der Waals surface area contributed by atoms with E-state index in [2.05, 4.69) is 0 Å². The van der Waals surface area contributed by atoms with Crippen LogP contribution in [0, 0.1) is 5.41 Å². The van der Waals surface area contributed by atoms with Gasteiger partial charge in [0, 0.05) is 31.1 Å². The lowest BCUT2D eigenvalue weighted by molar-refractivity contribution is -0.158. The molecule has 0 atom stereocenters. The van der Waals surface area contributed by atoms with Gasteiger partial charge in [-0.15, -0.1) is 0 Å². The SMILES string of the molecule is CN(C)C/C=C/C(=O)N1CC2(CC(O)C2)C1. The second-order valence-corrected chi connectivity index (χ2v) is 5.42. The molecule has 2 rings (SSSR count). The van der Waals surface area contributed by atoms with E-state index in [0.717, 1.165) is 32.5 Å². The average Bonchev–Trinajstić information content (AvgIpc) is 2.07. The van der Waals surface area contributed by atoms with E-state index >= 15 is 0 Å². The van der Waals surface area contributed by atoms with Crippen LogP contribution >= 0.6 is 0 Å². The lowest BCUT2D eigenvalue weighted by Gasteiger charge is -2.57. The summed E-state index contributed by atoms with van der Waals surface area (Å²) in [4.78, 5) is 15.6. The van der Waals surface area contributed by atoms with Gasteiger partial charge in [0.15, 0.2) is 0 Å². The third kappa shape index (κ3) is 2.28. The van der Waals surface area contributed by atoms with E-state index in [0.29, 0.717) is 0 Å². The quantitative estimate of drug-likeness (QED) is 0.691. The molecule has 16 heavy (non-hydrogen) atoms. The van der Waals surface area contributed by atoms with Crippen molar-refractivity contribution >= 4 is 5.91 Å². The Bertz CT molecular complexity index is 298. The van der Waals surface area contributed by atoms with Gasteiger partial charge in [-0.1, -0.05) is 6.08 Å². The second-order valence-electron chi connectivity index (χ2n) is 5.42. The van der Waals surface area contributed by atoms with E-state index in [-0.39, 0.29) is 17.4 Å². The zero-order valence-electron chi connectivity index (χ0n) is 10.0. The van der Waals surface area contributed by atoms with Crippen LogP contribution in [0.15, 0.2) is 12.2 Å². The van der Waals surface area contributed by atoms with Gasteiger partial charge in [0.25, 0.3) is 0 Å². The summed E-state index contributed by atoms with van der Waals surface area (Å²) in [6.07, 6.45) is 5.17. The molecule has 4 nitrogen and oxygen atoms in total. The van der Waals surface area contributed by atoms with Crippen LogP contribution in [0.25, 0.3) is 0 Å². The van der Waals surface area contributed by atoms with Gasteiger partial charge in [-0.05, 0) is 26.9 Å². The van der Waals surface area contributed by atoms with Crippen molar-refractivity contribution in [2.75, 3.05) is 33.7 Å². The molecule has 1 spiro atoms.